The molecule has 0 aliphatic heterocycles. The van der Waals surface area contributed by atoms with Crippen LogP contribution in [0.4, 0.5) is 0 Å². The molecule has 3 rings (SSSR count). The van der Waals surface area contributed by atoms with E-state index in [1.165, 1.54) is 0 Å². The summed E-state index contributed by atoms with van der Waals surface area (Å²) in [5, 5.41) is 0. The summed E-state index contributed by atoms with van der Waals surface area (Å²) < 4.78 is 1.15. The van der Waals surface area contributed by atoms with Crippen LogP contribution in [0.1, 0.15) is 26.3 Å². The van der Waals surface area contributed by atoms with Crippen LogP contribution in [-0.4, -0.2) is 11.6 Å². The van der Waals surface area contributed by atoms with Gasteiger partial charge in [0.05, 0.1) is 5.92 Å². The molecule has 0 aromatic heterocycles. The molecule has 2 nitrogen and oxygen atoms in total. The average molecular weight is 362 g/mol. The maximum Gasteiger partial charge on any atom is 0.174 e. The summed E-state index contributed by atoms with van der Waals surface area (Å²) in [6.07, 6.45) is 0.489. The molecule has 0 unspecified atom stereocenters. The van der Waals surface area contributed by atoms with E-state index in [1.54, 1.807) is 24.3 Å². The lowest BCUT2D eigenvalue weighted by Crippen LogP contribution is -2.17. The molecule has 2 aromatic rings. The minimum Gasteiger partial charge on any atom is -0.293 e. The van der Waals surface area contributed by atoms with Gasteiger partial charge >= 0.3 is 0 Å². The number of rotatable bonds is 2. The average Bonchev–Trinajstić information content (AvgIpc) is 2.67. The highest BCUT2D eigenvalue weighted by Crippen LogP contribution is 2.29. The zero-order valence-corrected chi connectivity index (χ0v) is 12.3. The predicted octanol–water partition coefficient (Wildman–Crippen LogP) is 3.53. The van der Waals surface area contributed by atoms with Crippen molar-refractivity contribution >= 4 is 34.2 Å². The maximum atomic E-state index is 12.3. The molecule has 0 N–H and O–H groups in total. The van der Waals surface area contributed by atoms with E-state index in [4.69, 9.17) is 0 Å². The van der Waals surface area contributed by atoms with Crippen molar-refractivity contribution in [3.63, 3.8) is 0 Å². The molecule has 3 heteroatoms. The highest BCUT2D eigenvalue weighted by Gasteiger charge is 2.37. The first-order chi connectivity index (χ1) is 9.16. The fraction of sp³-hybridized carbons (Fsp3) is 0.125. The third-order valence-corrected chi connectivity index (χ3v) is 4.16. The number of carbonyl (C=O) groups excluding carboxylic acids is 2. The van der Waals surface area contributed by atoms with E-state index in [1.807, 2.05) is 24.3 Å². The summed E-state index contributed by atoms with van der Waals surface area (Å²) >= 11 is 2.24. The van der Waals surface area contributed by atoms with Gasteiger partial charge in [-0.15, -0.1) is 0 Å². The molecular formula is C16H11IO2. The fourth-order valence-electron chi connectivity index (χ4n) is 2.45. The Morgan fingerprint density at radius 3 is 1.89 bits per heavy atom. The van der Waals surface area contributed by atoms with Gasteiger partial charge in [0, 0.05) is 14.7 Å². The summed E-state index contributed by atoms with van der Waals surface area (Å²) in [4.78, 5) is 24.5. The number of hydrogen-bond acceptors (Lipinski definition) is 2. The van der Waals surface area contributed by atoms with Crippen LogP contribution in [0.2, 0.25) is 0 Å². The van der Waals surface area contributed by atoms with Crippen LogP contribution in [-0.2, 0) is 6.42 Å². The van der Waals surface area contributed by atoms with Crippen LogP contribution in [0.5, 0.6) is 0 Å². The molecule has 0 fully saturated rings. The number of Topliss-reactive ketones (excluding diaryl/α,β-unsaturated/α-hetero) is 2. The van der Waals surface area contributed by atoms with E-state index in [9.17, 15) is 9.59 Å². The molecule has 1 aliphatic carbocycles. The summed E-state index contributed by atoms with van der Waals surface area (Å²) in [7, 11) is 0. The zero-order valence-electron chi connectivity index (χ0n) is 10.1. The molecule has 0 radical (unpaired) electrons. The highest BCUT2D eigenvalue weighted by molar-refractivity contribution is 14.1. The molecule has 0 saturated heterocycles. The minimum atomic E-state index is -0.544. The van der Waals surface area contributed by atoms with E-state index in [0.29, 0.717) is 17.5 Å². The maximum absolute atomic E-state index is 12.3. The van der Waals surface area contributed by atoms with Gasteiger partial charge in [-0.2, -0.15) is 0 Å². The van der Waals surface area contributed by atoms with Crippen LogP contribution in [0.15, 0.2) is 48.5 Å². The Balaban J connectivity index is 1.90. The number of benzene rings is 2. The fourth-order valence-corrected chi connectivity index (χ4v) is 2.81. The highest BCUT2D eigenvalue weighted by atomic mass is 127. The van der Waals surface area contributed by atoms with Gasteiger partial charge in [-0.05, 0) is 46.7 Å². The lowest BCUT2D eigenvalue weighted by Gasteiger charge is -2.06. The molecule has 0 heterocycles. The van der Waals surface area contributed by atoms with Crippen LogP contribution < -0.4 is 0 Å². The molecule has 0 spiro atoms. The Morgan fingerprint density at radius 1 is 0.842 bits per heavy atom. The number of halogens is 1. The Kier molecular flexibility index (Phi) is 3.22. The van der Waals surface area contributed by atoms with Crippen molar-refractivity contribution in [3.8, 4) is 0 Å². The first kappa shape index (κ1) is 12.5. The molecule has 94 valence electrons. The van der Waals surface area contributed by atoms with Crippen molar-refractivity contribution < 1.29 is 9.59 Å². The van der Waals surface area contributed by atoms with Crippen LogP contribution in [0.3, 0.4) is 0 Å². The lowest BCUT2D eigenvalue weighted by molar-refractivity contribution is 0.0838. The van der Waals surface area contributed by atoms with Gasteiger partial charge in [-0.25, -0.2) is 0 Å². The van der Waals surface area contributed by atoms with Crippen molar-refractivity contribution in [2.45, 2.75) is 6.42 Å². The second-order valence-corrected chi connectivity index (χ2v) is 5.90. The summed E-state index contributed by atoms with van der Waals surface area (Å²) in [5.74, 6) is -0.629. The molecule has 1 aliphatic rings. The van der Waals surface area contributed by atoms with Gasteiger partial charge in [0.2, 0.25) is 0 Å². The van der Waals surface area contributed by atoms with Crippen molar-refractivity contribution in [2.24, 2.45) is 5.92 Å². The molecule has 0 atom stereocenters. The zero-order chi connectivity index (χ0) is 13.4. The molecule has 0 amide bonds. The number of hydrogen-bond donors (Lipinski definition) is 0. The van der Waals surface area contributed by atoms with Crippen LogP contribution in [0.25, 0.3) is 0 Å². The Labute approximate surface area is 125 Å². The molecule has 2 aromatic carbocycles. The Bertz CT molecular complexity index is 624. The normalized spacial score (nSPS) is 14.8. The topological polar surface area (TPSA) is 34.1 Å². The molecule has 0 saturated carbocycles. The van der Waals surface area contributed by atoms with Gasteiger partial charge < -0.3 is 0 Å². The first-order valence-electron chi connectivity index (χ1n) is 6.09. The summed E-state index contributed by atoms with van der Waals surface area (Å²) in [6.45, 7) is 0. The van der Waals surface area contributed by atoms with Crippen LogP contribution >= 0.6 is 22.6 Å². The van der Waals surface area contributed by atoms with E-state index >= 15 is 0 Å². The van der Waals surface area contributed by atoms with Gasteiger partial charge in [0.15, 0.2) is 11.6 Å². The predicted molar refractivity (Wildman–Crippen MR) is 81.5 cm³/mol. The number of ketones is 2. The van der Waals surface area contributed by atoms with Crippen molar-refractivity contribution in [3.05, 3.63) is 68.8 Å². The molecule has 0 bridgehead atoms. The Hall–Kier alpha value is -1.49. The smallest absolute Gasteiger partial charge is 0.174 e. The minimum absolute atomic E-state index is 0.0425. The molecular weight excluding hydrogens is 351 g/mol. The monoisotopic (exact) mass is 362 g/mol. The third kappa shape index (κ3) is 2.23. The van der Waals surface area contributed by atoms with Gasteiger partial charge in [-0.3, -0.25) is 9.59 Å². The second kappa shape index (κ2) is 4.89. The van der Waals surface area contributed by atoms with Crippen LogP contribution in [0, 0.1) is 9.49 Å². The number of fused-ring (bicyclic) bond motifs is 1. The molecule has 19 heavy (non-hydrogen) atoms. The quantitative estimate of drug-likeness (QED) is 0.605. The summed E-state index contributed by atoms with van der Waals surface area (Å²) in [6, 6.07) is 15.0. The van der Waals surface area contributed by atoms with E-state index in [0.717, 1.165) is 9.13 Å². The Morgan fingerprint density at radius 2 is 1.37 bits per heavy atom. The van der Waals surface area contributed by atoms with Crippen molar-refractivity contribution in [1.82, 2.24) is 0 Å². The van der Waals surface area contributed by atoms with Gasteiger partial charge in [-0.1, -0.05) is 36.4 Å². The second-order valence-electron chi connectivity index (χ2n) is 4.66. The lowest BCUT2D eigenvalue weighted by atomic mass is 9.95. The van der Waals surface area contributed by atoms with Crippen molar-refractivity contribution in [2.75, 3.05) is 0 Å². The van der Waals surface area contributed by atoms with Gasteiger partial charge in [0.1, 0.15) is 0 Å². The third-order valence-electron chi connectivity index (χ3n) is 3.44. The largest absolute Gasteiger partial charge is 0.293 e. The number of carbonyl (C=O) groups is 2. The standard InChI is InChI=1S/C16H11IO2/c17-11-7-5-10(6-8-11)9-14-15(18)12-3-1-2-4-13(12)16(14)19/h1-8,14H,9H2. The van der Waals surface area contributed by atoms with E-state index < -0.39 is 5.92 Å². The first-order valence-corrected chi connectivity index (χ1v) is 7.16. The van der Waals surface area contributed by atoms with E-state index in [-0.39, 0.29) is 11.6 Å². The SMILES string of the molecule is O=C1c2ccccc2C(=O)C1Cc1ccc(I)cc1. The van der Waals surface area contributed by atoms with Gasteiger partial charge in [0.25, 0.3) is 0 Å². The van der Waals surface area contributed by atoms with Crippen molar-refractivity contribution in [1.29, 1.82) is 0 Å². The summed E-state index contributed by atoms with van der Waals surface area (Å²) in [5.41, 5.74) is 2.17. The van der Waals surface area contributed by atoms with E-state index in [2.05, 4.69) is 22.6 Å².